The maximum absolute atomic E-state index is 12.7. The Hall–Kier alpha value is -3.34. The number of hydrogen-bond acceptors (Lipinski definition) is 7. The molecule has 1 heterocycles. The van der Waals surface area contributed by atoms with E-state index in [9.17, 15) is 23.3 Å². The molecular formula is C17H17N3O7S. The van der Waals surface area contributed by atoms with Crippen molar-refractivity contribution in [1.82, 2.24) is 0 Å². The molecule has 11 heteroatoms. The number of rotatable bonds is 6. The van der Waals surface area contributed by atoms with Crippen molar-refractivity contribution in [1.29, 1.82) is 0 Å². The van der Waals surface area contributed by atoms with Crippen molar-refractivity contribution in [2.45, 2.75) is 13.0 Å². The second kappa shape index (κ2) is 7.35. The first-order valence-corrected chi connectivity index (χ1v) is 9.96. The summed E-state index contributed by atoms with van der Waals surface area (Å²) in [5.74, 6) is 0.389. The highest BCUT2D eigenvalue weighted by Crippen LogP contribution is 2.34. The number of fused-ring (bicyclic) bond motifs is 1. The zero-order chi connectivity index (χ0) is 20.5. The van der Waals surface area contributed by atoms with Gasteiger partial charge in [-0.05, 0) is 25.1 Å². The molecule has 28 heavy (non-hydrogen) atoms. The Labute approximate surface area is 160 Å². The van der Waals surface area contributed by atoms with Gasteiger partial charge in [0.25, 0.3) is 5.69 Å². The number of carbonyl (C=O) groups excluding carboxylic acids is 1. The molecule has 0 aromatic heterocycles. The van der Waals surface area contributed by atoms with Crippen LogP contribution in [0.4, 0.5) is 17.1 Å². The molecular weight excluding hydrogens is 390 g/mol. The molecule has 148 valence electrons. The molecule has 1 aliphatic rings. The molecule has 3 rings (SSSR count). The van der Waals surface area contributed by atoms with Crippen LogP contribution in [-0.2, 0) is 14.8 Å². The number of hydrogen-bond donors (Lipinski definition) is 1. The van der Waals surface area contributed by atoms with Crippen molar-refractivity contribution in [2.24, 2.45) is 0 Å². The van der Waals surface area contributed by atoms with Crippen LogP contribution in [-0.4, -0.2) is 38.3 Å². The van der Waals surface area contributed by atoms with Gasteiger partial charge in [0.2, 0.25) is 22.7 Å². The van der Waals surface area contributed by atoms with Gasteiger partial charge in [0, 0.05) is 23.9 Å². The average Bonchev–Trinajstić information content (AvgIpc) is 3.08. The lowest BCUT2D eigenvalue weighted by Gasteiger charge is -2.28. The normalized spacial score (nSPS) is 13.6. The van der Waals surface area contributed by atoms with Gasteiger partial charge in [0.1, 0.15) is 6.04 Å². The molecule has 0 bridgehead atoms. The summed E-state index contributed by atoms with van der Waals surface area (Å²) in [7, 11) is -3.90. The topological polar surface area (TPSA) is 128 Å². The minimum atomic E-state index is -3.90. The molecule has 1 unspecified atom stereocenters. The molecule has 0 saturated heterocycles. The number of anilines is 2. The van der Waals surface area contributed by atoms with E-state index in [1.165, 1.54) is 25.1 Å². The first kappa shape index (κ1) is 19.4. The van der Waals surface area contributed by atoms with Gasteiger partial charge in [-0.15, -0.1) is 0 Å². The number of nitro groups is 1. The molecule has 1 aliphatic heterocycles. The number of non-ortho nitro benzene ring substituents is 1. The molecule has 0 radical (unpaired) electrons. The number of nitro benzene ring substituents is 1. The monoisotopic (exact) mass is 407 g/mol. The molecule has 0 saturated carbocycles. The van der Waals surface area contributed by atoms with E-state index in [1.807, 2.05) is 0 Å². The van der Waals surface area contributed by atoms with Crippen molar-refractivity contribution in [3.05, 3.63) is 52.6 Å². The Balaban J connectivity index is 1.87. The third-order valence-electron chi connectivity index (χ3n) is 4.02. The van der Waals surface area contributed by atoms with Crippen molar-refractivity contribution >= 4 is 33.0 Å². The lowest BCUT2D eigenvalue weighted by atomic mass is 10.2. The smallest absolute Gasteiger partial charge is 0.271 e. The third kappa shape index (κ3) is 3.98. The predicted octanol–water partition coefficient (Wildman–Crippen LogP) is 2.12. The summed E-state index contributed by atoms with van der Waals surface area (Å²) in [4.78, 5) is 23.0. The first-order valence-electron chi connectivity index (χ1n) is 8.11. The summed E-state index contributed by atoms with van der Waals surface area (Å²) in [5.41, 5.74) is 0.133. The van der Waals surface area contributed by atoms with Crippen molar-refractivity contribution < 1.29 is 27.6 Å². The Morgan fingerprint density at radius 1 is 1.21 bits per heavy atom. The zero-order valence-corrected chi connectivity index (χ0v) is 15.8. The quantitative estimate of drug-likeness (QED) is 0.574. The summed E-state index contributed by atoms with van der Waals surface area (Å²) >= 11 is 0. The molecule has 0 spiro atoms. The number of ether oxygens (including phenoxy) is 2. The van der Waals surface area contributed by atoms with E-state index in [0.717, 1.165) is 16.6 Å². The standard InChI is InChI=1S/C17H17N3O7S/c1-11(17(21)18-12-6-7-15-16(8-12)27-10-26-15)19(28(2,24)25)13-4-3-5-14(9-13)20(22)23/h3-9,11H,10H2,1-2H3,(H,18,21). The van der Waals surface area contributed by atoms with Crippen LogP contribution in [0.2, 0.25) is 0 Å². The molecule has 1 atom stereocenters. The third-order valence-corrected chi connectivity index (χ3v) is 5.27. The van der Waals surface area contributed by atoms with Gasteiger partial charge in [-0.1, -0.05) is 6.07 Å². The van der Waals surface area contributed by atoms with Gasteiger partial charge in [-0.2, -0.15) is 0 Å². The van der Waals surface area contributed by atoms with E-state index >= 15 is 0 Å². The Morgan fingerprint density at radius 3 is 2.61 bits per heavy atom. The van der Waals surface area contributed by atoms with Crippen LogP contribution in [0.25, 0.3) is 0 Å². The SMILES string of the molecule is CC(C(=O)Nc1ccc2c(c1)OCO2)N(c1cccc([N+](=O)[O-])c1)S(C)(=O)=O. The van der Waals surface area contributed by atoms with E-state index in [1.54, 1.807) is 18.2 Å². The summed E-state index contributed by atoms with van der Waals surface area (Å²) < 4.78 is 35.9. The number of carbonyl (C=O) groups is 1. The van der Waals surface area contributed by atoms with Gasteiger partial charge in [-0.3, -0.25) is 19.2 Å². The maximum atomic E-state index is 12.7. The van der Waals surface area contributed by atoms with Crippen LogP contribution in [0.3, 0.4) is 0 Å². The molecule has 0 aliphatic carbocycles. The van der Waals surface area contributed by atoms with E-state index in [2.05, 4.69) is 5.32 Å². The average molecular weight is 407 g/mol. The molecule has 10 nitrogen and oxygen atoms in total. The first-order chi connectivity index (χ1) is 13.2. The largest absolute Gasteiger partial charge is 0.454 e. The van der Waals surface area contributed by atoms with E-state index in [0.29, 0.717) is 17.2 Å². The van der Waals surface area contributed by atoms with Crippen LogP contribution in [0.1, 0.15) is 6.92 Å². The van der Waals surface area contributed by atoms with Crippen molar-refractivity contribution in [2.75, 3.05) is 22.7 Å². The number of sulfonamides is 1. The highest BCUT2D eigenvalue weighted by atomic mass is 32.2. The molecule has 1 amide bonds. The summed E-state index contributed by atoms with van der Waals surface area (Å²) in [6, 6.07) is 8.69. The van der Waals surface area contributed by atoms with Gasteiger partial charge in [0.05, 0.1) is 16.9 Å². The van der Waals surface area contributed by atoms with Crippen molar-refractivity contribution in [3.8, 4) is 11.5 Å². The number of benzene rings is 2. The van der Waals surface area contributed by atoms with E-state index in [-0.39, 0.29) is 18.2 Å². The fourth-order valence-electron chi connectivity index (χ4n) is 2.77. The minimum absolute atomic E-state index is 0.0186. The second-order valence-corrected chi connectivity index (χ2v) is 7.93. The van der Waals surface area contributed by atoms with Crippen LogP contribution in [0.15, 0.2) is 42.5 Å². The highest BCUT2D eigenvalue weighted by Gasteiger charge is 2.30. The van der Waals surface area contributed by atoms with Gasteiger partial charge >= 0.3 is 0 Å². The highest BCUT2D eigenvalue weighted by molar-refractivity contribution is 7.92. The van der Waals surface area contributed by atoms with Crippen LogP contribution in [0, 0.1) is 10.1 Å². The van der Waals surface area contributed by atoms with E-state index in [4.69, 9.17) is 9.47 Å². The fourth-order valence-corrected chi connectivity index (χ4v) is 3.94. The fraction of sp³-hybridized carbons (Fsp3) is 0.235. The maximum Gasteiger partial charge on any atom is 0.271 e. The summed E-state index contributed by atoms with van der Waals surface area (Å²) in [6.07, 6.45) is 0.927. The lowest BCUT2D eigenvalue weighted by Crippen LogP contribution is -2.45. The van der Waals surface area contributed by atoms with Crippen LogP contribution >= 0.6 is 0 Å². The molecule has 1 N–H and O–H groups in total. The molecule has 2 aromatic rings. The van der Waals surface area contributed by atoms with Gasteiger partial charge in [0.15, 0.2) is 11.5 Å². The van der Waals surface area contributed by atoms with E-state index < -0.39 is 26.9 Å². The molecule has 0 fully saturated rings. The Bertz CT molecular complexity index is 1040. The number of nitrogens with zero attached hydrogens (tertiary/aromatic N) is 2. The predicted molar refractivity (Wildman–Crippen MR) is 101 cm³/mol. The van der Waals surface area contributed by atoms with Crippen molar-refractivity contribution in [3.63, 3.8) is 0 Å². The Morgan fingerprint density at radius 2 is 1.93 bits per heavy atom. The van der Waals surface area contributed by atoms with Gasteiger partial charge in [-0.25, -0.2) is 8.42 Å². The number of nitrogens with one attached hydrogen (secondary N) is 1. The number of amides is 1. The lowest BCUT2D eigenvalue weighted by molar-refractivity contribution is -0.384. The van der Waals surface area contributed by atoms with Crippen LogP contribution < -0.4 is 19.1 Å². The minimum Gasteiger partial charge on any atom is -0.454 e. The van der Waals surface area contributed by atoms with Crippen LogP contribution in [0.5, 0.6) is 11.5 Å². The van der Waals surface area contributed by atoms with Gasteiger partial charge < -0.3 is 14.8 Å². The zero-order valence-electron chi connectivity index (χ0n) is 15.0. The summed E-state index contributed by atoms with van der Waals surface area (Å²) in [6.45, 7) is 1.47. The summed E-state index contributed by atoms with van der Waals surface area (Å²) in [5, 5.41) is 13.6. The second-order valence-electron chi connectivity index (χ2n) is 6.07. The molecule has 2 aromatic carbocycles. The Kier molecular flexibility index (Phi) is 5.10.